The Morgan fingerprint density at radius 1 is 0.964 bits per heavy atom. The summed E-state index contributed by atoms with van der Waals surface area (Å²) in [6, 6.07) is 19.1. The van der Waals surface area contributed by atoms with Crippen LogP contribution < -0.4 is 9.04 Å². The van der Waals surface area contributed by atoms with E-state index in [1.807, 2.05) is 24.3 Å². The molecule has 0 aliphatic rings. The molecule has 1 heterocycles. The third-order valence-corrected chi connectivity index (χ3v) is 6.87. The van der Waals surface area contributed by atoms with Crippen molar-refractivity contribution >= 4 is 37.3 Å². The number of thiazole rings is 1. The molecule has 0 aliphatic heterocycles. The summed E-state index contributed by atoms with van der Waals surface area (Å²) in [5.41, 5.74) is 1.32. The van der Waals surface area contributed by atoms with E-state index in [2.05, 4.69) is 4.98 Å². The predicted molar refractivity (Wildman–Crippen MR) is 108 cm³/mol. The van der Waals surface area contributed by atoms with E-state index in [4.69, 9.17) is 4.74 Å². The second-order valence-electron chi connectivity index (χ2n) is 5.97. The van der Waals surface area contributed by atoms with E-state index in [-0.39, 0.29) is 4.90 Å². The summed E-state index contributed by atoms with van der Waals surface area (Å²) in [6.07, 6.45) is 0. The minimum Gasteiger partial charge on any atom is -0.431 e. The van der Waals surface area contributed by atoms with Crippen molar-refractivity contribution in [3.8, 4) is 10.9 Å². The quantitative estimate of drug-likeness (QED) is 0.458. The van der Waals surface area contributed by atoms with Crippen LogP contribution in [0.4, 0.5) is 10.1 Å². The molecule has 1 aromatic heterocycles. The molecule has 5 nitrogen and oxygen atoms in total. The van der Waals surface area contributed by atoms with Crippen molar-refractivity contribution in [2.45, 2.75) is 4.90 Å². The van der Waals surface area contributed by atoms with Crippen LogP contribution in [0.2, 0.25) is 0 Å². The Bertz CT molecular complexity index is 1190. The SMILES string of the molecule is CN(c1ccc(Oc2nc3ccccc3s2)cc1)S(=O)(=O)c1ccc(F)cc1. The molecule has 0 fully saturated rings. The van der Waals surface area contributed by atoms with Gasteiger partial charge in [-0.05, 0) is 60.7 Å². The molecule has 0 saturated carbocycles. The van der Waals surface area contributed by atoms with Gasteiger partial charge in [-0.3, -0.25) is 4.31 Å². The smallest absolute Gasteiger partial charge is 0.279 e. The number of anilines is 1. The molecule has 0 spiro atoms. The first-order valence-corrected chi connectivity index (χ1v) is 10.6. The summed E-state index contributed by atoms with van der Waals surface area (Å²) in [7, 11) is -2.34. The van der Waals surface area contributed by atoms with Crippen LogP contribution in [-0.2, 0) is 10.0 Å². The maximum atomic E-state index is 13.1. The minimum absolute atomic E-state index is 0.0196. The van der Waals surface area contributed by atoms with Crippen LogP contribution in [0.1, 0.15) is 0 Å². The van der Waals surface area contributed by atoms with Crippen LogP contribution in [0.15, 0.2) is 77.7 Å². The fourth-order valence-corrected chi connectivity index (χ4v) is 4.65. The number of hydrogen-bond acceptors (Lipinski definition) is 5. The van der Waals surface area contributed by atoms with Gasteiger partial charge in [0.1, 0.15) is 11.6 Å². The molecule has 28 heavy (non-hydrogen) atoms. The van der Waals surface area contributed by atoms with Gasteiger partial charge in [-0.25, -0.2) is 17.8 Å². The molecule has 0 unspecified atom stereocenters. The topological polar surface area (TPSA) is 59.5 Å². The molecule has 0 amide bonds. The second kappa shape index (κ2) is 7.21. The van der Waals surface area contributed by atoms with E-state index in [1.165, 1.54) is 30.5 Å². The molecular formula is C20H15FN2O3S2. The Morgan fingerprint density at radius 2 is 1.64 bits per heavy atom. The van der Waals surface area contributed by atoms with Crippen molar-refractivity contribution in [2.75, 3.05) is 11.4 Å². The van der Waals surface area contributed by atoms with E-state index in [1.54, 1.807) is 24.3 Å². The summed E-state index contributed by atoms with van der Waals surface area (Å²) in [6.45, 7) is 0. The normalized spacial score (nSPS) is 11.5. The largest absolute Gasteiger partial charge is 0.431 e. The van der Waals surface area contributed by atoms with Crippen molar-refractivity contribution in [2.24, 2.45) is 0 Å². The molecular weight excluding hydrogens is 399 g/mol. The van der Waals surface area contributed by atoms with Gasteiger partial charge in [-0.2, -0.15) is 0 Å². The van der Waals surface area contributed by atoms with Crippen molar-refractivity contribution in [1.82, 2.24) is 4.98 Å². The highest BCUT2D eigenvalue weighted by molar-refractivity contribution is 7.92. The zero-order valence-electron chi connectivity index (χ0n) is 14.7. The molecule has 4 rings (SSSR count). The van der Waals surface area contributed by atoms with E-state index in [0.717, 1.165) is 26.7 Å². The second-order valence-corrected chi connectivity index (χ2v) is 8.93. The van der Waals surface area contributed by atoms with Crippen LogP contribution in [-0.4, -0.2) is 20.4 Å². The maximum absolute atomic E-state index is 13.1. The van der Waals surface area contributed by atoms with Gasteiger partial charge in [0.25, 0.3) is 15.2 Å². The predicted octanol–water partition coefficient (Wildman–Crippen LogP) is 5.05. The number of para-hydroxylation sites is 1. The number of rotatable bonds is 5. The Balaban J connectivity index is 1.54. The highest BCUT2D eigenvalue weighted by atomic mass is 32.2. The lowest BCUT2D eigenvalue weighted by Crippen LogP contribution is -2.26. The fraction of sp³-hybridized carbons (Fsp3) is 0.0500. The number of aromatic nitrogens is 1. The van der Waals surface area contributed by atoms with Gasteiger partial charge in [0.15, 0.2) is 0 Å². The number of hydrogen-bond donors (Lipinski definition) is 0. The molecule has 0 bridgehead atoms. The Hall–Kier alpha value is -2.97. The van der Waals surface area contributed by atoms with Crippen molar-refractivity contribution in [3.63, 3.8) is 0 Å². The molecule has 3 aromatic carbocycles. The molecule has 0 saturated heterocycles. The monoisotopic (exact) mass is 414 g/mol. The fourth-order valence-electron chi connectivity index (χ4n) is 2.62. The van der Waals surface area contributed by atoms with Crippen LogP contribution in [0.5, 0.6) is 10.9 Å². The molecule has 8 heteroatoms. The van der Waals surface area contributed by atoms with Gasteiger partial charge in [0, 0.05) is 7.05 Å². The summed E-state index contributed by atoms with van der Waals surface area (Å²) >= 11 is 1.44. The number of ether oxygens (including phenoxy) is 1. The number of fused-ring (bicyclic) bond motifs is 1. The minimum atomic E-state index is -3.78. The summed E-state index contributed by atoms with van der Waals surface area (Å²) in [4.78, 5) is 4.43. The van der Waals surface area contributed by atoms with Crippen LogP contribution in [0.25, 0.3) is 10.2 Å². The van der Waals surface area contributed by atoms with Gasteiger partial charge in [0.2, 0.25) is 0 Å². The van der Waals surface area contributed by atoms with Crippen LogP contribution in [0.3, 0.4) is 0 Å². The zero-order chi connectivity index (χ0) is 19.7. The van der Waals surface area contributed by atoms with Gasteiger partial charge in [-0.1, -0.05) is 23.5 Å². The van der Waals surface area contributed by atoms with Crippen molar-refractivity contribution < 1.29 is 17.5 Å². The van der Waals surface area contributed by atoms with E-state index in [0.29, 0.717) is 16.6 Å². The Morgan fingerprint density at radius 3 is 2.32 bits per heavy atom. The maximum Gasteiger partial charge on any atom is 0.279 e. The molecule has 4 aromatic rings. The lowest BCUT2D eigenvalue weighted by molar-refractivity contribution is 0.480. The highest BCUT2D eigenvalue weighted by Crippen LogP contribution is 2.32. The van der Waals surface area contributed by atoms with E-state index >= 15 is 0 Å². The summed E-state index contributed by atoms with van der Waals surface area (Å²) in [5, 5.41) is 0.515. The van der Waals surface area contributed by atoms with Gasteiger partial charge in [-0.15, -0.1) is 0 Å². The number of halogens is 1. The summed E-state index contributed by atoms with van der Waals surface area (Å²) in [5.74, 6) is 0.0633. The first-order chi connectivity index (χ1) is 13.4. The number of sulfonamides is 1. The lowest BCUT2D eigenvalue weighted by atomic mass is 10.3. The number of benzene rings is 3. The van der Waals surface area contributed by atoms with Crippen molar-refractivity contribution in [1.29, 1.82) is 0 Å². The molecule has 0 radical (unpaired) electrons. The average molecular weight is 414 g/mol. The zero-order valence-corrected chi connectivity index (χ0v) is 16.4. The Labute approximate surface area is 165 Å². The Kier molecular flexibility index (Phi) is 4.74. The van der Waals surface area contributed by atoms with E-state index in [9.17, 15) is 12.8 Å². The third kappa shape index (κ3) is 3.56. The molecule has 0 aliphatic carbocycles. The van der Waals surface area contributed by atoms with Gasteiger partial charge in [0.05, 0.1) is 20.8 Å². The summed E-state index contributed by atoms with van der Waals surface area (Å²) < 4.78 is 46.4. The number of nitrogens with zero attached hydrogens (tertiary/aromatic N) is 2. The van der Waals surface area contributed by atoms with E-state index < -0.39 is 15.8 Å². The highest BCUT2D eigenvalue weighted by Gasteiger charge is 2.21. The average Bonchev–Trinajstić information content (AvgIpc) is 3.10. The first kappa shape index (κ1) is 18.4. The van der Waals surface area contributed by atoms with Gasteiger partial charge < -0.3 is 4.74 Å². The van der Waals surface area contributed by atoms with Crippen LogP contribution >= 0.6 is 11.3 Å². The molecule has 0 N–H and O–H groups in total. The molecule has 0 atom stereocenters. The lowest BCUT2D eigenvalue weighted by Gasteiger charge is -2.19. The van der Waals surface area contributed by atoms with Gasteiger partial charge >= 0.3 is 0 Å². The van der Waals surface area contributed by atoms with Crippen molar-refractivity contribution in [3.05, 3.63) is 78.6 Å². The van der Waals surface area contributed by atoms with Crippen LogP contribution in [0, 0.1) is 5.82 Å². The molecule has 142 valence electrons. The standard InChI is InChI=1S/C20H15FN2O3S2/c1-23(28(24,25)17-12-6-14(21)7-13-17)15-8-10-16(11-9-15)26-20-22-18-4-2-3-5-19(18)27-20/h2-13H,1H3. The third-order valence-electron chi connectivity index (χ3n) is 4.15. The first-order valence-electron chi connectivity index (χ1n) is 8.31.